The molecule has 0 saturated carbocycles. The highest BCUT2D eigenvalue weighted by Crippen LogP contribution is 2.25. The second kappa shape index (κ2) is 8.30. The molecular formula is C15H23Cl2N3S. The van der Waals surface area contributed by atoms with E-state index in [0.717, 1.165) is 18.6 Å². The Kier molecular flexibility index (Phi) is 7.37. The Morgan fingerprint density at radius 3 is 2.86 bits per heavy atom. The summed E-state index contributed by atoms with van der Waals surface area (Å²) in [4.78, 5) is 7.23. The molecule has 1 saturated heterocycles. The van der Waals surface area contributed by atoms with Crippen molar-refractivity contribution in [2.45, 2.75) is 32.4 Å². The number of benzene rings is 1. The van der Waals surface area contributed by atoms with Crippen molar-refractivity contribution in [1.29, 1.82) is 0 Å². The Labute approximate surface area is 142 Å². The van der Waals surface area contributed by atoms with Crippen LogP contribution in [-0.2, 0) is 6.54 Å². The minimum absolute atomic E-state index is 0. The van der Waals surface area contributed by atoms with Gasteiger partial charge in [0.1, 0.15) is 5.01 Å². The van der Waals surface area contributed by atoms with E-state index in [4.69, 9.17) is 10.7 Å². The number of para-hydroxylation sites is 1. The SMILES string of the molecule is CC(N)C1CCCN(Cc2nc3ccccc3s2)C1.Cl.Cl. The van der Waals surface area contributed by atoms with E-state index in [2.05, 4.69) is 36.1 Å². The largest absolute Gasteiger partial charge is 0.328 e. The van der Waals surface area contributed by atoms with Crippen molar-refractivity contribution in [2.75, 3.05) is 13.1 Å². The van der Waals surface area contributed by atoms with E-state index in [1.54, 1.807) is 0 Å². The normalized spacial score (nSPS) is 20.6. The molecule has 0 bridgehead atoms. The van der Waals surface area contributed by atoms with E-state index >= 15 is 0 Å². The molecule has 0 spiro atoms. The smallest absolute Gasteiger partial charge is 0.108 e. The van der Waals surface area contributed by atoms with Gasteiger partial charge in [0.2, 0.25) is 0 Å². The monoisotopic (exact) mass is 347 g/mol. The molecule has 1 aromatic heterocycles. The predicted molar refractivity (Wildman–Crippen MR) is 95.8 cm³/mol. The first kappa shape index (κ1) is 18.7. The van der Waals surface area contributed by atoms with Gasteiger partial charge in [-0.1, -0.05) is 12.1 Å². The lowest BCUT2D eigenvalue weighted by Crippen LogP contribution is -2.41. The molecule has 21 heavy (non-hydrogen) atoms. The molecule has 2 atom stereocenters. The van der Waals surface area contributed by atoms with Crippen molar-refractivity contribution >= 4 is 46.4 Å². The third-order valence-corrected chi connectivity index (χ3v) is 5.00. The van der Waals surface area contributed by atoms with Gasteiger partial charge in [-0.15, -0.1) is 36.2 Å². The number of hydrogen-bond acceptors (Lipinski definition) is 4. The molecule has 118 valence electrons. The lowest BCUT2D eigenvalue weighted by molar-refractivity contribution is 0.154. The van der Waals surface area contributed by atoms with Gasteiger partial charge in [-0.2, -0.15) is 0 Å². The van der Waals surface area contributed by atoms with Crippen LogP contribution >= 0.6 is 36.2 Å². The van der Waals surface area contributed by atoms with Crippen molar-refractivity contribution in [1.82, 2.24) is 9.88 Å². The van der Waals surface area contributed by atoms with Crippen LogP contribution in [0.2, 0.25) is 0 Å². The summed E-state index contributed by atoms with van der Waals surface area (Å²) in [6, 6.07) is 8.68. The predicted octanol–water partition coefficient (Wildman–Crippen LogP) is 3.70. The van der Waals surface area contributed by atoms with E-state index in [-0.39, 0.29) is 24.8 Å². The van der Waals surface area contributed by atoms with Crippen LogP contribution in [0, 0.1) is 5.92 Å². The molecular weight excluding hydrogens is 325 g/mol. The molecule has 2 N–H and O–H groups in total. The van der Waals surface area contributed by atoms with Crippen LogP contribution in [-0.4, -0.2) is 29.0 Å². The van der Waals surface area contributed by atoms with Crippen LogP contribution < -0.4 is 5.73 Å². The zero-order chi connectivity index (χ0) is 13.2. The molecule has 3 nitrogen and oxygen atoms in total. The summed E-state index contributed by atoms with van der Waals surface area (Å²) in [5.74, 6) is 0.642. The fourth-order valence-corrected chi connectivity index (χ4v) is 3.85. The lowest BCUT2D eigenvalue weighted by Gasteiger charge is -2.34. The van der Waals surface area contributed by atoms with E-state index in [1.807, 2.05) is 11.3 Å². The van der Waals surface area contributed by atoms with Gasteiger partial charge in [-0.3, -0.25) is 4.90 Å². The minimum Gasteiger partial charge on any atom is -0.328 e. The molecule has 2 heterocycles. The molecule has 1 aliphatic heterocycles. The molecule has 0 aliphatic carbocycles. The first-order valence-corrected chi connectivity index (χ1v) is 7.86. The molecule has 0 amide bonds. The summed E-state index contributed by atoms with van der Waals surface area (Å²) >= 11 is 1.82. The number of likely N-dealkylation sites (tertiary alicyclic amines) is 1. The Morgan fingerprint density at radius 2 is 2.14 bits per heavy atom. The number of thiazole rings is 1. The molecule has 1 aliphatic rings. The number of halogens is 2. The summed E-state index contributed by atoms with van der Waals surface area (Å²) < 4.78 is 1.29. The number of fused-ring (bicyclic) bond motifs is 1. The highest BCUT2D eigenvalue weighted by molar-refractivity contribution is 7.18. The van der Waals surface area contributed by atoms with Gasteiger partial charge in [-0.25, -0.2) is 4.98 Å². The molecule has 2 unspecified atom stereocenters. The van der Waals surface area contributed by atoms with Gasteiger partial charge in [-0.05, 0) is 44.4 Å². The average molecular weight is 348 g/mol. The van der Waals surface area contributed by atoms with E-state index < -0.39 is 0 Å². The van der Waals surface area contributed by atoms with Crippen molar-refractivity contribution in [3.63, 3.8) is 0 Å². The second-order valence-electron chi connectivity index (χ2n) is 5.57. The maximum absolute atomic E-state index is 6.04. The number of piperidine rings is 1. The minimum atomic E-state index is 0. The molecule has 1 aromatic carbocycles. The first-order chi connectivity index (χ1) is 9.22. The second-order valence-corrected chi connectivity index (χ2v) is 6.69. The lowest BCUT2D eigenvalue weighted by atomic mass is 9.92. The highest BCUT2D eigenvalue weighted by Gasteiger charge is 2.23. The van der Waals surface area contributed by atoms with Crippen molar-refractivity contribution in [3.05, 3.63) is 29.3 Å². The van der Waals surface area contributed by atoms with E-state index in [9.17, 15) is 0 Å². The van der Waals surface area contributed by atoms with Gasteiger partial charge >= 0.3 is 0 Å². The maximum atomic E-state index is 6.04. The summed E-state index contributed by atoms with van der Waals surface area (Å²) in [5.41, 5.74) is 7.17. The van der Waals surface area contributed by atoms with Crippen molar-refractivity contribution < 1.29 is 0 Å². The fourth-order valence-electron chi connectivity index (χ4n) is 2.84. The zero-order valence-electron chi connectivity index (χ0n) is 12.2. The number of aromatic nitrogens is 1. The zero-order valence-corrected chi connectivity index (χ0v) is 14.6. The summed E-state index contributed by atoms with van der Waals surface area (Å²) in [5, 5.41) is 1.23. The van der Waals surface area contributed by atoms with Crippen molar-refractivity contribution in [3.8, 4) is 0 Å². The summed E-state index contributed by atoms with van der Waals surface area (Å²) in [6.45, 7) is 5.40. The van der Waals surface area contributed by atoms with Crippen LogP contribution in [0.1, 0.15) is 24.8 Å². The van der Waals surface area contributed by atoms with Gasteiger partial charge in [0.25, 0.3) is 0 Å². The molecule has 3 rings (SSSR count). The van der Waals surface area contributed by atoms with Crippen molar-refractivity contribution in [2.24, 2.45) is 11.7 Å². The van der Waals surface area contributed by atoms with E-state index in [0.29, 0.717) is 12.0 Å². The maximum Gasteiger partial charge on any atom is 0.108 e. The Bertz CT molecular complexity index is 526. The van der Waals surface area contributed by atoms with Gasteiger partial charge in [0.15, 0.2) is 0 Å². The quantitative estimate of drug-likeness (QED) is 0.920. The van der Waals surface area contributed by atoms with Gasteiger partial charge in [0.05, 0.1) is 16.8 Å². The van der Waals surface area contributed by atoms with Crippen LogP contribution in [0.4, 0.5) is 0 Å². The van der Waals surface area contributed by atoms with Crippen LogP contribution in [0.5, 0.6) is 0 Å². The number of rotatable bonds is 3. The molecule has 2 aromatic rings. The third-order valence-electron chi connectivity index (χ3n) is 3.98. The molecule has 0 radical (unpaired) electrons. The van der Waals surface area contributed by atoms with Gasteiger partial charge < -0.3 is 5.73 Å². The Hall–Kier alpha value is -0.390. The van der Waals surface area contributed by atoms with Crippen LogP contribution in [0.15, 0.2) is 24.3 Å². The number of nitrogens with zero attached hydrogens (tertiary/aromatic N) is 2. The highest BCUT2D eigenvalue weighted by atomic mass is 35.5. The molecule has 1 fully saturated rings. The Balaban J connectivity index is 0.00000110. The summed E-state index contributed by atoms with van der Waals surface area (Å²) in [6.07, 6.45) is 2.53. The third kappa shape index (κ3) is 4.54. The first-order valence-electron chi connectivity index (χ1n) is 7.05. The van der Waals surface area contributed by atoms with Crippen LogP contribution in [0.3, 0.4) is 0 Å². The summed E-state index contributed by atoms with van der Waals surface area (Å²) in [7, 11) is 0. The van der Waals surface area contributed by atoms with E-state index in [1.165, 1.54) is 29.1 Å². The van der Waals surface area contributed by atoms with Crippen LogP contribution in [0.25, 0.3) is 10.2 Å². The number of nitrogens with two attached hydrogens (primary N) is 1. The molecule has 6 heteroatoms. The Morgan fingerprint density at radius 1 is 1.38 bits per heavy atom. The average Bonchev–Trinajstić information content (AvgIpc) is 2.81. The standard InChI is InChI=1S/C15H21N3S.2ClH/c1-11(16)12-5-4-8-18(9-12)10-15-17-13-6-2-3-7-14(13)19-15;;/h2-3,6-7,11-12H,4-5,8-10,16H2,1H3;2*1H. The number of hydrogen-bond donors (Lipinski definition) is 1. The fraction of sp³-hybridized carbons (Fsp3) is 0.533. The topological polar surface area (TPSA) is 42.1 Å². The van der Waals surface area contributed by atoms with Gasteiger partial charge in [0, 0.05) is 12.6 Å².